The molecule has 0 radical (unpaired) electrons. The van der Waals surface area contributed by atoms with Crippen LogP contribution in [0.3, 0.4) is 0 Å². The van der Waals surface area contributed by atoms with Crippen molar-refractivity contribution in [3.05, 3.63) is 29.6 Å². The Labute approximate surface area is 139 Å². The van der Waals surface area contributed by atoms with Gasteiger partial charge in [-0.25, -0.2) is 13.2 Å². The van der Waals surface area contributed by atoms with Gasteiger partial charge in [-0.05, 0) is 18.1 Å². The molecule has 134 valence electrons. The molecule has 1 aromatic rings. The van der Waals surface area contributed by atoms with E-state index in [1.807, 2.05) is 0 Å². The van der Waals surface area contributed by atoms with Crippen LogP contribution in [-0.4, -0.2) is 32.0 Å². The fourth-order valence-corrected chi connectivity index (χ4v) is 2.02. The third-order valence-electron chi connectivity index (χ3n) is 3.66. The van der Waals surface area contributed by atoms with Gasteiger partial charge in [0.1, 0.15) is 0 Å². The molecular weight excluding hydrogens is 321 g/mol. The number of halogens is 3. The Morgan fingerprint density at radius 3 is 2.38 bits per heavy atom. The van der Waals surface area contributed by atoms with Crippen molar-refractivity contribution >= 4 is 17.6 Å². The van der Waals surface area contributed by atoms with Gasteiger partial charge in [-0.2, -0.15) is 0 Å². The molecule has 3 N–H and O–H groups in total. The van der Waals surface area contributed by atoms with Crippen LogP contribution in [0.4, 0.5) is 18.9 Å². The average Bonchev–Trinajstić information content (AvgIpc) is 2.58. The molecule has 24 heavy (non-hydrogen) atoms. The number of nitrogens with one attached hydrogen (secondary N) is 3. The number of hydrogen-bond donors (Lipinski definition) is 3. The summed E-state index contributed by atoms with van der Waals surface area (Å²) in [5, 5.41) is 8.05. The molecule has 0 saturated carbocycles. The summed E-state index contributed by atoms with van der Waals surface area (Å²) >= 11 is 0. The summed E-state index contributed by atoms with van der Waals surface area (Å²) in [6, 6.07) is 1.71. The first-order chi connectivity index (χ1) is 11.4. The molecule has 0 aliphatic heterocycles. The molecule has 1 amide bonds. The van der Waals surface area contributed by atoms with Gasteiger partial charge < -0.3 is 16.0 Å². The minimum absolute atomic E-state index is 0.193. The highest BCUT2D eigenvalue weighted by molar-refractivity contribution is 5.95. The number of carbonyl (C=O) groups is 1. The van der Waals surface area contributed by atoms with Crippen LogP contribution in [0.1, 0.15) is 26.7 Å². The Balaban J connectivity index is 2.52. The second-order valence-corrected chi connectivity index (χ2v) is 5.26. The van der Waals surface area contributed by atoms with Crippen molar-refractivity contribution in [1.82, 2.24) is 10.6 Å². The lowest BCUT2D eigenvalue weighted by Gasteiger charge is -2.16. The molecule has 8 heteroatoms. The minimum Gasteiger partial charge on any atom is -0.356 e. The maximum atomic E-state index is 13.5. The number of carbonyl (C=O) groups excluding carboxylic acids is 1. The molecule has 1 rings (SSSR count). The van der Waals surface area contributed by atoms with Crippen LogP contribution in [0.5, 0.6) is 0 Å². The van der Waals surface area contributed by atoms with Gasteiger partial charge in [-0.15, -0.1) is 0 Å². The molecule has 0 saturated heterocycles. The van der Waals surface area contributed by atoms with Gasteiger partial charge in [0.15, 0.2) is 23.4 Å². The van der Waals surface area contributed by atoms with E-state index in [-0.39, 0.29) is 6.54 Å². The number of hydrogen-bond acceptors (Lipinski definition) is 2. The van der Waals surface area contributed by atoms with Gasteiger partial charge in [0, 0.05) is 13.6 Å². The van der Waals surface area contributed by atoms with Gasteiger partial charge in [-0.1, -0.05) is 26.7 Å². The lowest BCUT2D eigenvalue weighted by molar-refractivity contribution is -0.115. The molecule has 0 unspecified atom stereocenters. The number of rotatable bonds is 7. The van der Waals surface area contributed by atoms with E-state index >= 15 is 0 Å². The van der Waals surface area contributed by atoms with Crippen LogP contribution in [0, 0.1) is 23.4 Å². The van der Waals surface area contributed by atoms with Gasteiger partial charge in [0.25, 0.3) is 0 Å². The largest absolute Gasteiger partial charge is 0.356 e. The van der Waals surface area contributed by atoms with Crippen molar-refractivity contribution in [2.45, 2.75) is 26.7 Å². The van der Waals surface area contributed by atoms with E-state index in [0.29, 0.717) is 18.4 Å². The topological polar surface area (TPSA) is 65.5 Å². The first-order valence-electron chi connectivity index (χ1n) is 7.80. The number of benzene rings is 1. The predicted molar refractivity (Wildman–Crippen MR) is 88.4 cm³/mol. The average molecular weight is 344 g/mol. The first-order valence-corrected chi connectivity index (χ1v) is 7.80. The van der Waals surface area contributed by atoms with Crippen molar-refractivity contribution in [3.8, 4) is 0 Å². The highest BCUT2D eigenvalue weighted by atomic mass is 19.2. The Hall–Kier alpha value is -2.25. The second kappa shape index (κ2) is 9.79. The number of nitrogens with zero attached hydrogens (tertiary/aromatic N) is 1. The lowest BCUT2D eigenvalue weighted by atomic mass is 10.0. The van der Waals surface area contributed by atoms with Crippen LogP contribution >= 0.6 is 0 Å². The van der Waals surface area contributed by atoms with Crippen LogP contribution in [0.2, 0.25) is 0 Å². The van der Waals surface area contributed by atoms with Gasteiger partial charge in [0.2, 0.25) is 5.91 Å². The molecule has 0 atom stereocenters. The third-order valence-corrected chi connectivity index (χ3v) is 3.66. The summed E-state index contributed by atoms with van der Waals surface area (Å²) in [5.41, 5.74) is -0.416. The fraction of sp³-hybridized carbons (Fsp3) is 0.500. The first kappa shape index (κ1) is 19.8. The molecule has 0 aliphatic carbocycles. The van der Waals surface area contributed by atoms with Crippen molar-refractivity contribution in [2.24, 2.45) is 10.9 Å². The summed E-state index contributed by atoms with van der Waals surface area (Å²) in [4.78, 5) is 15.8. The molecule has 0 spiro atoms. The fourth-order valence-electron chi connectivity index (χ4n) is 2.02. The van der Waals surface area contributed by atoms with E-state index < -0.39 is 29.0 Å². The molecule has 1 aromatic carbocycles. The smallest absolute Gasteiger partial charge is 0.243 e. The summed E-state index contributed by atoms with van der Waals surface area (Å²) in [7, 11) is 1.56. The van der Waals surface area contributed by atoms with Crippen molar-refractivity contribution in [2.75, 3.05) is 25.5 Å². The van der Waals surface area contributed by atoms with Crippen LogP contribution in [0.15, 0.2) is 17.1 Å². The van der Waals surface area contributed by atoms with Gasteiger partial charge in [-0.3, -0.25) is 9.79 Å². The number of anilines is 1. The SMILES string of the molecule is CCC(CC)CNC(=NC)NCC(=O)Nc1ccc(F)c(F)c1F. The number of amides is 1. The standard InChI is InChI=1S/C16H23F3N4O/c1-4-10(5-2)8-21-16(20-3)22-9-13(24)23-12-7-6-11(17)14(18)15(12)19/h6-7,10H,4-5,8-9H2,1-3H3,(H,23,24)(H2,20,21,22). The lowest BCUT2D eigenvalue weighted by Crippen LogP contribution is -2.43. The summed E-state index contributed by atoms with van der Waals surface area (Å²) < 4.78 is 39.4. The zero-order chi connectivity index (χ0) is 18.1. The van der Waals surface area contributed by atoms with E-state index in [2.05, 4.69) is 34.8 Å². The summed E-state index contributed by atoms with van der Waals surface area (Å²) in [5.74, 6) is -4.04. The Morgan fingerprint density at radius 2 is 1.79 bits per heavy atom. The van der Waals surface area contributed by atoms with E-state index in [1.54, 1.807) is 7.05 Å². The summed E-state index contributed by atoms with van der Waals surface area (Å²) in [6.45, 7) is 4.71. The van der Waals surface area contributed by atoms with E-state index in [9.17, 15) is 18.0 Å². The quantitative estimate of drug-likeness (QED) is 0.405. The van der Waals surface area contributed by atoms with Crippen molar-refractivity contribution < 1.29 is 18.0 Å². The van der Waals surface area contributed by atoms with Crippen LogP contribution in [0.25, 0.3) is 0 Å². The maximum Gasteiger partial charge on any atom is 0.243 e. The minimum atomic E-state index is -1.62. The summed E-state index contributed by atoms with van der Waals surface area (Å²) in [6.07, 6.45) is 2.05. The van der Waals surface area contributed by atoms with Crippen molar-refractivity contribution in [1.29, 1.82) is 0 Å². The van der Waals surface area contributed by atoms with Gasteiger partial charge in [0.05, 0.1) is 12.2 Å². The Bertz CT molecular complexity index is 589. The Kier molecular flexibility index (Phi) is 8.08. The highest BCUT2D eigenvalue weighted by Crippen LogP contribution is 2.19. The molecule has 0 aliphatic rings. The molecule has 0 heterocycles. The number of guanidine groups is 1. The van der Waals surface area contributed by atoms with Crippen LogP contribution in [-0.2, 0) is 4.79 Å². The third kappa shape index (κ3) is 5.75. The zero-order valence-corrected chi connectivity index (χ0v) is 14.0. The molecule has 0 bridgehead atoms. The Morgan fingerprint density at radius 1 is 1.12 bits per heavy atom. The molecule has 5 nitrogen and oxygen atoms in total. The highest BCUT2D eigenvalue weighted by Gasteiger charge is 2.15. The monoisotopic (exact) mass is 344 g/mol. The van der Waals surface area contributed by atoms with Crippen LogP contribution < -0.4 is 16.0 Å². The van der Waals surface area contributed by atoms with E-state index in [4.69, 9.17) is 0 Å². The maximum absolute atomic E-state index is 13.5. The normalized spacial score (nSPS) is 11.5. The van der Waals surface area contributed by atoms with Gasteiger partial charge >= 0.3 is 0 Å². The zero-order valence-electron chi connectivity index (χ0n) is 14.0. The molecule has 0 aromatic heterocycles. The molecular formula is C16H23F3N4O. The number of aliphatic imine (C=N–C) groups is 1. The predicted octanol–water partition coefficient (Wildman–Crippen LogP) is 2.64. The van der Waals surface area contributed by atoms with E-state index in [0.717, 1.165) is 25.0 Å². The van der Waals surface area contributed by atoms with Crippen molar-refractivity contribution in [3.63, 3.8) is 0 Å². The molecule has 0 fully saturated rings. The van der Waals surface area contributed by atoms with E-state index in [1.165, 1.54) is 0 Å². The second-order valence-electron chi connectivity index (χ2n) is 5.26.